The highest BCUT2D eigenvalue weighted by Crippen LogP contribution is 2.35. The van der Waals surface area contributed by atoms with Gasteiger partial charge >= 0.3 is 0 Å². The molecular weight excluding hydrogens is 400 g/mol. The molecule has 0 aliphatic rings. The Balaban J connectivity index is 1.72. The number of anilines is 2. The van der Waals surface area contributed by atoms with Gasteiger partial charge in [-0.15, -0.1) is 0 Å². The molecule has 4 heterocycles. The first-order valence-electron chi connectivity index (χ1n) is 9.24. The number of hydrogen-bond donors (Lipinski definition) is 2. The summed E-state index contributed by atoms with van der Waals surface area (Å²) in [6, 6.07) is 10.6. The fraction of sp³-hybridized carbons (Fsp3) is 0.0952. The van der Waals surface area contributed by atoms with Crippen LogP contribution in [0.1, 0.15) is 0 Å². The summed E-state index contributed by atoms with van der Waals surface area (Å²) in [6.45, 7) is 0. The Morgan fingerprint density at radius 2 is 1.77 bits per heavy atom. The Morgan fingerprint density at radius 3 is 2.57 bits per heavy atom. The van der Waals surface area contributed by atoms with Crippen molar-refractivity contribution in [1.82, 2.24) is 24.2 Å². The number of rotatable bonds is 4. The minimum Gasteiger partial charge on any atom is -0.350 e. The van der Waals surface area contributed by atoms with Gasteiger partial charge in [-0.2, -0.15) is 0 Å². The second-order valence-electron chi connectivity index (χ2n) is 7.09. The molecule has 150 valence electrons. The quantitative estimate of drug-likeness (QED) is 0.462. The number of H-pyrrole nitrogens is 1. The van der Waals surface area contributed by atoms with Crippen LogP contribution in [-0.4, -0.2) is 46.8 Å². The van der Waals surface area contributed by atoms with Crippen LogP contribution in [0.25, 0.3) is 32.7 Å². The molecule has 1 aromatic carbocycles. The normalized spacial score (nSPS) is 12.2. The molecule has 5 aromatic rings. The smallest absolute Gasteiger partial charge is 0.242 e. The minimum atomic E-state index is -3.54. The van der Waals surface area contributed by atoms with Crippen LogP contribution in [0.2, 0.25) is 0 Å². The number of nitrogens with zero attached hydrogens (tertiary/aromatic N) is 4. The Bertz CT molecular complexity index is 1530. The zero-order valence-corrected chi connectivity index (χ0v) is 17.1. The van der Waals surface area contributed by atoms with E-state index in [2.05, 4.69) is 20.3 Å². The van der Waals surface area contributed by atoms with Crippen LogP contribution in [-0.2, 0) is 10.0 Å². The van der Waals surface area contributed by atoms with E-state index < -0.39 is 10.0 Å². The van der Waals surface area contributed by atoms with Crippen molar-refractivity contribution < 1.29 is 8.42 Å². The van der Waals surface area contributed by atoms with Crippen LogP contribution < -0.4 is 5.32 Å². The van der Waals surface area contributed by atoms with Crippen molar-refractivity contribution in [2.75, 3.05) is 19.4 Å². The summed E-state index contributed by atoms with van der Waals surface area (Å²) in [7, 11) is -0.524. The van der Waals surface area contributed by atoms with Crippen molar-refractivity contribution in [2.45, 2.75) is 4.90 Å². The van der Waals surface area contributed by atoms with Gasteiger partial charge in [-0.3, -0.25) is 9.97 Å². The Kier molecular flexibility index (Phi) is 4.16. The average Bonchev–Trinajstić information content (AvgIpc) is 3.14. The first-order chi connectivity index (χ1) is 14.4. The van der Waals surface area contributed by atoms with Crippen LogP contribution >= 0.6 is 0 Å². The van der Waals surface area contributed by atoms with Crippen molar-refractivity contribution in [1.29, 1.82) is 0 Å². The summed E-state index contributed by atoms with van der Waals surface area (Å²) in [5.74, 6) is 0.584. The molecule has 0 aliphatic carbocycles. The molecule has 0 radical (unpaired) electrons. The molecule has 0 fully saturated rings. The number of pyridine rings is 3. The average molecular weight is 418 g/mol. The number of fused-ring (bicyclic) bond motifs is 5. The molecule has 0 saturated heterocycles. The second kappa shape index (κ2) is 6.75. The highest BCUT2D eigenvalue weighted by atomic mass is 32.2. The molecule has 0 unspecified atom stereocenters. The van der Waals surface area contributed by atoms with E-state index in [-0.39, 0.29) is 4.90 Å². The summed E-state index contributed by atoms with van der Waals surface area (Å²) in [5.41, 5.74) is 3.07. The number of aromatic nitrogens is 4. The van der Waals surface area contributed by atoms with Crippen LogP contribution in [0.5, 0.6) is 0 Å². The lowest BCUT2D eigenvalue weighted by Crippen LogP contribution is -2.22. The van der Waals surface area contributed by atoms with E-state index in [1.54, 1.807) is 49.1 Å². The van der Waals surface area contributed by atoms with E-state index in [1.807, 2.05) is 12.1 Å². The van der Waals surface area contributed by atoms with Gasteiger partial charge in [0.05, 0.1) is 33.8 Å². The molecule has 0 bridgehead atoms. The molecule has 8 nitrogen and oxygen atoms in total. The highest BCUT2D eigenvalue weighted by molar-refractivity contribution is 7.89. The number of sulfonamides is 1. The van der Waals surface area contributed by atoms with Gasteiger partial charge in [-0.25, -0.2) is 17.7 Å². The van der Waals surface area contributed by atoms with E-state index in [1.165, 1.54) is 18.4 Å². The van der Waals surface area contributed by atoms with Gasteiger partial charge in [0.2, 0.25) is 10.0 Å². The highest BCUT2D eigenvalue weighted by Gasteiger charge is 2.18. The SMILES string of the molecule is CN(C)S(=O)(=O)c1cccc(Nc2nc3cnccc3c3c2[nH]c2cnccc23)c1. The van der Waals surface area contributed by atoms with Gasteiger partial charge in [0.15, 0.2) is 5.82 Å². The van der Waals surface area contributed by atoms with Gasteiger partial charge in [0.25, 0.3) is 0 Å². The standard InChI is InChI=1S/C21H18N6O2S/c1-27(2)30(28,29)14-5-3-4-13(10-14)24-21-20-19(15-6-8-22-11-17(15)25-20)16-7-9-23-12-18(16)26-21/h3-12,25H,1-2H3,(H,24,26). The lowest BCUT2D eigenvalue weighted by atomic mass is 10.1. The van der Waals surface area contributed by atoms with Crippen molar-refractivity contribution in [3.05, 3.63) is 61.2 Å². The number of benzene rings is 1. The lowest BCUT2D eigenvalue weighted by molar-refractivity contribution is 0.521. The minimum absolute atomic E-state index is 0.206. The third-order valence-corrected chi connectivity index (χ3v) is 6.82. The molecular formula is C21H18N6O2S. The van der Waals surface area contributed by atoms with E-state index in [9.17, 15) is 8.42 Å². The molecule has 9 heteroatoms. The lowest BCUT2D eigenvalue weighted by Gasteiger charge is -2.13. The van der Waals surface area contributed by atoms with E-state index in [0.29, 0.717) is 11.5 Å². The van der Waals surface area contributed by atoms with E-state index in [0.717, 1.165) is 32.7 Å². The third-order valence-electron chi connectivity index (χ3n) is 5.01. The summed E-state index contributed by atoms with van der Waals surface area (Å²) >= 11 is 0. The topological polar surface area (TPSA) is 104 Å². The Morgan fingerprint density at radius 1 is 1.00 bits per heavy atom. The molecule has 30 heavy (non-hydrogen) atoms. The summed E-state index contributed by atoms with van der Waals surface area (Å²) in [6.07, 6.45) is 6.99. The molecule has 0 saturated carbocycles. The predicted octanol–water partition coefficient (Wildman–Crippen LogP) is 3.65. The molecule has 0 aliphatic heterocycles. The van der Waals surface area contributed by atoms with Crippen LogP contribution in [0.3, 0.4) is 0 Å². The molecule has 2 N–H and O–H groups in total. The van der Waals surface area contributed by atoms with Crippen molar-refractivity contribution in [3.8, 4) is 0 Å². The maximum atomic E-state index is 12.5. The van der Waals surface area contributed by atoms with Gasteiger partial charge in [0.1, 0.15) is 0 Å². The van der Waals surface area contributed by atoms with Crippen LogP contribution in [0.15, 0.2) is 66.1 Å². The van der Waals surface area contributed by atoms with E-state index in [4.69, 9.17) is 4.98 Å². The first-order valence-corrected chi connectivity index (χ1v) is 10.7. The largest absolute Gasteiger partial charge is 0.350 e. The maximum Gasteiger partial charge on any atom is 0.242 e. The number of nitrogens with one attached hydrogen (secondary N) is 2. The summed E-state index contributed by atoms with van der Waals surface area (Å²) in [5, 5.41) is 6.30. The molecule has 4 aromatic heterocycles. The van der Waals surface area contributed by atoms with Crippen molar-refractivity contribution in [3.63, 3.8) is 0 Å². The number of aromatic amines is 1. The summed E-state index contributed by atoms with van der Waals surface area (Å²) in [4.78, 5) is 16.7. The van der Waals surface area contributed by atoms with Gasteiger partial charge in [0, 0.05) is 48.3 Å². The third kappa shape index (κ3) is 2.87. The molecule has 5 rings (SSSR count). The van der Waals surface area contributed by atoms with Crippen LogP contribution in [0, 0.1) is 0 Å². The van der Waals surface area contributed by atoms with Crippen molar-refractivity contribution in [2.24, 2.45) is 0 Å². The monoisotopic (exact) mass is 418 g/mol. The van der Waals surface area contributed by atoms with Crippen LogP contribution in [0.4, 0.5) is 11.5 Å². The Hall–Kier alpha value is -3.56. The maximum absolute atomic E-state index is 12.5. The first kappa shape index (κ1) is 18.5. The Labute approximate surface area is 172 Å². The van der Waals surface area contributed by atoms with Gasteiger partial charge in [-0.05, 0) is 30.3 Å². The predicted molar refractivity (Wildman–Crippen MR) is 117 cm³/mol. The molecule has 0 amide bonds. The molecule has 0 atom stereocenters. The second-order valence-corrected chi connectivity index (χ2v) is 9.24. The number of hydrogen-bond acceptors (Lipinski definition) is 6. The van der Waals surface area contributed by atoms with E-state index >= 15 is 0 Å². The van der Waals surface area contributed by atoms with Gasteiger partial charge < -0.3 is 10.3 Å². The fourth-order valence-electron chi connectivity index (χ4n) is 3.54. The zero-order chi connectivity index (χ0) is 20.9. The summed E-state index contributed by atoms with van der Waals surface area (Å²) < 4.78 is 26.2. The van der Waals surface area contributed by atoms with Crippen molar-refractivity contribution >= 4 is 54.2 Å². The zero-order valence-electron chi connectivity index (χ0n) is 16.3. The molecule has 0 spiro atoms. The fourth-order valence-corrected chi connectivity index (χ4v) is 4.48. The van der Waals surface area contributed by atoms with Gasteiger partial charge in [-0.1, -0.05) is 6.07 Å².